The van der Waals surface area contributed by atoms with E-state index in [1.54, 1.807) is 6.07 Å². The first-order chi connectivity index (χ1) is 5.43. The van der Waals surface area contributed by atoms with Crippen molar-refractivity contribution in [2.45, 2.75) is 33.1 Å². The van der Waals surface area contributed by atoms with Crippen LogP contribution in [-0.2, 0) is 10.5 Å². The van der Waals surface area contributed by atoms with Crippen molar-refractivity contribution in [3.05, 3.63) is 29.3 Å². The number of rotatable bonds is 0. The predicted molar refractivity (Wildman–Crippen MR) is 50.0 cm³/mol. The van der Waals surface area contributed by atoms with Crippen LogP contribution in [-0.4, -0.2) is 0 Å². The Morgan fingerprint density at radius 1 is 1.17 bits per heavy atom. The molecule has 0 aromatic heterocycles. The van der Waals surface area contributed by atoms with E-state index < -0.39 is 0 Å². The molecule has 1 nitrogen and oxygen atoms in total. The summed E-state index contributed by atoms with van der Waals surface area (Å²) in [6, 6.07) is 5.47. The molecule has 0 aliphatic heterocycles. The molecule has 0 atom stereocenters. The van der Waals surface area contributed by atoms with Crippen LogP contribution in [0.4, 0.5) is 0 Å². The van der Waals surface area contributed by atoms with Crippen LogP contribution in [0.25, 0.3) is 0 Å². The summed E-state index contributed by atoms with van der Waals surface area (Å²) in [6.07, 6.45) is 0. The van der Waals surface area contributed by atoms with Gasteiger partial charge in [-0.3, -0.25) is 5.11 Å². The van der Waals surface area contributed by atoms with Crippen molar-refractivity contribution in [3.63, 3.8) is 0 Å². The fourth-order valence-electron chi connectivity index (χ4n) is 1.43. The molecule has 0 aliphatic carbocycles. The number of benzene rings is 1. The van der Waals surface area contributed by atoms with E-state index in [4.69, 9.17) is 0 Å². The van der Waals surface area contributed by atoms with E-state index in [0.717, 1.165) is 11.1 Å². The first-order valence-electron chi connectivity index (χ1n) is 4.20. The van der Waals surface area contributed by atoms with Crippen LogP contribution in [0.1, 0.15) is 31.9 Å². The molecule has 0 spiro atoms. The molecule has 1 heteroatoms. The van der Waals surface area contributed by atoms with Gasteiger partial charge in [-0.2, -0.15) is 0 Å². The van der Waals surface area contributed by atoms with Crippen LogP contribution in [0.15, 0.2) is 18.2 Å². The zero-order valence-electron chi connectivity index (χ0n) is 8.14. The smallest absolute Gasteiger partial charge is 0.181 e. The van der Waals surface area contributed by atoms with Crippen LogP contribution in [0.3, 0.4) is 0 Å². The van der Waals surface area contributed by atoms with E-state index in [0.29, 0.717) is 0 Å². The maximum Gasteiger partial charge on any atom is 0.181 e. The standard InChI is InChI=1S/C11H15O/c1-8-9(11(2,3)4)6-5-7-10(8)12/h5-7H,1-4H3. The van der Waals surface area contributed by atoms with Gasteiger partial charge in [-0.25, -0.2) is 0 Å². The second-order valence-electron chi connectivity index (χ2n) is 4.18. The Morgan fingerprint density at radius 3 is 2.17 bits per heavy atom. The van der Waals surface area contributed by atoms with Gasteiger partial charge in [0.05, 0.1) is 0 Å². The summed E-state index contributed by atoms with van der Waals surface area (Å²) < 4.78 is 0. The fraction of sp³-hybridized carbons (Fsp3) is 0.455. The summed E-state index contributed by atoms with van der Waals surface area (Å²) in [5.74, 6) is 0.141. The zero-order valence-corrected chi connectivity index (χ0v) is 8.14. The minimum Gasteiger partial charge on any atom is -0.290 e. The molecular weight excluding hydrogens is 148 g/mol. The highest BCUT2D eigenvalue weighted by Gasteiger charge is 2.17. The van der Waals surface area contributed by atoms with Crippen LogP contribution >= 0.6 is 0 Å². The van der Waals surface area contributed by atoms with Gasteiger partial charge >= 0.3 is 0 Å². The highest BCUT2D eigenvalue weighted by molar-refractivity contribution is 5.41. The molecule has 0 N–H and O–H groups in total. The maximum absolute atomic E-state index is 11.3. The van der Waals surface area contributed by atoms with Crippen molar-refractivity contribution in [1.29, 1.82) is 0 Å². The average Bonchev–Trinajstić information content (AvgIpc) is 1.92. The number of hydrogen-bond acceptors (Lipinski definition) is 0. The molecule has 0 fully saturated rings. The third-order valence-corrected chi connectivity index (χ3v) is 2.09. The van der Waals surface area contributed by atoms with Crippen molar-refractivity contribution in [1.82, 2.24) is 0 Å². The lowest BCUT2D eigenvalue weighted by atomic mass is 9.84. The van der Waals surface area contributed by atoms with E-state index in [1.807, 2.05) is 19.1 Å². The summed E-state index contributed by atoms with van der Waals surface area (Å²) in [4.78, 5) is 0. The van der Waals surface area contributed by atoms with Gasteiger partial charge < -0.3 is 0 Å². The fourth-order valence-corrected chi connectivity index (χ4v) is 1.43. The summed E-state index contributed by atoms with van der Waals surface area (Å²) in [5.41, 5.74) is 2.10. The molecule has 0 saturated carbocycles. The topological polar surface area (TPSA) is 19.9 Å². The lowest BCUT2D eigenvalue weighted by molar-refractivity contribution is 0.350. The van der Waals surface area contributed by atoms with E-state index >= 15 is 0 Å². The van der Waals surface area contributed by atoms with Gasteiger partial charge in [0.25, 0.3) is 0 Å². The van der Waals surface area contributed by atoms with Gasteiger partial charge in [-0.05, 0) is 24.0 Å². The van der Waals surface area contributed by atoms with E-state index in [2.05, 4.69) is 20.8 Å². The summed E-state index contributed by atoms with van der Waals surface area (Å²) in [6.45, 7) is 8.25. The van der Waals surface area contributed by atoms with Gasteiger partial charge in [0.15, 0.2) is 5.75 Å². The van der Waals surface area contributed by atoms with Crippen LogP contribution in [0, 0.1) is 6.92 Å². The minimum atomic E-state index is 0.0739. The number of hydrogen-bond donors (Lipinski definition) is 0. The van der Waals surface area contributed by atoms with Gasteiger partial charge in [0.1, 0.15) is 0 Å². The van der Waals surface area contributed by atoms with Crippen molar-refractivity contribution < 1.29 is 5.11 Å². The first kappa shape index (κ1) is 9.11. The van der Waals surface area contributed by atoms with E-state index in [1.165, 1.54) is 0 Å². The monoisotopic (exact) mass is 163 g/mol. The molecule has 1 rings (SSSR count). The Kier molecular flexibility index (Phi) is 2.14. The maximum atomic E-state index is 11.3. The summed E-state index contributed by atoms with van der Waals surface area (Å²) >= 11 is 0. The van der Waals surface area contributed by atoms with Gasteiger partial charge in [-0.1, -0.05) is 32.9 Å². The SMILES string of the molecule is Cc1c([O])cccc1C(C)(C)C. The molecule has 0 saturated heterocycles. The Balaban J connectivity index is 3.26. The molecule has 0 bridgehead atoms. The lowest BCUT2D eigenvalue weighted by Crippen LogP contribution is -2.12. The quantitative estimate of drug-likeness (QED) is 0.558. The van der Waals surface area contributed by atoms with Crippen LogP contribution in [0.5, 0.6) is 5.75 Å². The molecule has 1 radical (unpaired) electrons. The molecule has 12 heavy (non-hydrogen) atoms. The van der Waals surface area contributed by atoms with Crippen LogP contribution in [0.2, 0.25) is 0 Å². The van der Waals surface area contributed by atoms with Gasteiger partial charge in [-0.15, -0.1) is 0 Å². The Labute approximate surface area is 74.1 Å². The van der Waals surface area contributed by atoms with Crippen molar-refractivity contribution in [2.75, 3.05) is 0 Å². The van der Waals surface area contributed by atoms with E-state index in [-0.39, 0.29) is 11.2 Å². The van der Waals surface area contributed by atoms with Crippen molar-refractivity contribution in [3.8, 4) is 5.75 Å². The minimum absolute atomic E-state index is 0.0739. The van der Waals surface area contributed by atoms with E-state index in [9.17, 15) is 5.11 Å². The van der Waals surface area contributed by atoms with Gasteiger partial charge in [0, 0.05) is 5.56 Å². The lowest BCUT2D eigenvalue weighted by Gasteiger charge is -2.21. The summed E-state index contributed by atoms with van der Waals surface area (Å²) in [7, 11) is 0. The summed E-state index contributed by atoms with van der Waals surface area (Å²) in [5, 5.41) is 11.3. The predicted octanol–water partition coefficient (Wildman–Crippen LogP) is 3.44. The highest BCUT2D eigenvalue weighted by Crippen LogP contribution is 2.30. The second-order valence-corrected chi connectivity index (χ2v) is 4.18. The Bertz CT molecular complexity index is 282. The molecule has 0 aliphatic rings. The Hall–Kier alpha value is -0.980. The average molecular weight is 163 g/mol. The zero-order chi connectivity index (χ0) is 9.35. The third-order valence-electron chi connectivity index (χ3n) is 2.09. The molecule has 1 aromatic rings. The molecule has 1 aromatic carbocycles. The van der Waals surface area contributed by atoms with Crippen LogP contribution < -0.4 is 0 Å². The van der Waals surface area contributed by atoms with Crippen molar-refractivity contribution >= 4 is 0 Å². The van der Waals surface area contributed by atoms with Crippen molar-refractivity contribution in [2.24, 2.45) is 0 Å². The second kappa shape index (κ2) is 2.81. The third kappa shape index (κ3) is 1.60. The first-order valence-corrected chi connectivity index (χ1v) is 4.20. The van der Waals surface area contributed by atoms with Gasteiger partial charge in [0.2, 0.25) is 0 Å². The largest absolute Gasteiger partial charge is 0.290 e. The highest BCUT2D eigenvalue weighted by atomic mass is 16.3. The normalized spacial score (nSPS) is 11.7. The Morgan fingerprint density at radius 2 is 1.75 bits per heavy atom. The molecule has 0 amide bonds. The molecule has 0 unspecified atom stereocenters. The molecule has 65 valence electrons. The molecular formula is C11H15O. The molecule has 0 heterocycles.